The molecule has 4 aromatic rings. The van der Waals surface area contributed by atoms with Crippen LogP contribution in [0.5, 0.6) is 0 Å². The molecular weight excluding hydrogens is 829 g/mol. The fourth-order valence-electron chi connectivity index (χ4n) is 7.94. The first-order valence-electron chi connectivity index (χ1n) is 17.9. The third-order valence-corrected chi connectivity index (χ3v) is 13.3. The van der Waals surface area contributed by atoms with Crippen LogP contribution in [0, 0.1) is 0 Å². The van der Waals surface area contributed by atoms with Gasteiger partial charge in [0.1, 0.15) is 5.75 Å². The van der Waals surface area contributed by atoms with Crippen molar-refractivity contribution in [3.05, 3.63) is 120 Å². The Hall–Kier alpha value is -4.21. The number of nitrogens with zero attached hydrogens (tertiary/aromatic N) is 2. The maximum absolute atomic E-state index is 11.9. The van der Waals surface area contributed by atoms with Gasteiger partial charge in [-0.2, -0.15) is 29.8 Å². The molecule has 18 heteroatoms. The summed E-state index contributed by atoms with van der Waals surface area (Å²) in [5, 5.41) is 15.4. The van der Waals surface area contributed by atoms with Gasteiger partial charge in [0, 0.05) is 45.9 Å². The molecule has 58 heavy (non-hydrogen) atoms. The fraction of sp³-hybridized carbons (Fsp3) is 0.275. The van der Waals surface area contributed by atoms with Gasteiger partial charge >= 0.3 is 0 Å². The first-order valence-corrected chi connectivity index (χ1v) is 23.3. The lowest BCUT2D eigenvalue weighted by molar-refractivity contribution is -0.432. The second-order valence-corrected chi connectivity index (χ2v) is 20.4. The molecule has 0 spiro atoms. The Morgan fingerprint density at radius 3 is 2.14 bits per heavy atom. The summed E-state index contributed by atoms with van der Waals surface area (Å²) in [6.45, 7) is 9.87. The van der Waals surface area contributed by atoms with E-state index in [1.165, 1.54) is 12.1 Å². The van der Waals surface area contributed by atoms with Crippen molar-refractivity contribution in [2.24, 2.45) is 0 Å². The monoisotopic (exact) mass is 871 g/mol. The zero-order valence-corrected chi connectivity index (χ0v) is 35.4. The quantitative estimate of drug-likeness (QED) is 0.0241. The van der Waals surface area contributed by atoms with Gasteiger partial charge in [-0.1, -0.05) is 67.0 Å². The van der Waals surface area contributed by atoms with Crippen LogP contribution in [0.3, 0.4) is 0 Å². The number of benzene rings is 4. The Balaban J connectivity index is 1.33. The van der Waals surface area contributed by atoms with Crippen molar-refractivity contribution in [2.75, 3.05) is 29.5 Å². The summed E-state index contributed by atoms with van der Waals surface area (Å²) >= 11 is 0.842. The molecule has 2 aliphatic rings. The van der Waals surface area contributed by atoms with Crippen LogP contribution in [0.25, 0.3) is 21.5 Å². The van der Waals surface area contributed by atoms with E-state index in [9.17, 15) is 38.9 Å². The fourth-order valence-corrected chi connectivity index (χ4v) is 9.69. The number of rotatable bonds is 14. The SMILES string of the molecule is CC(C=CC=C1N(CCS(=O)(=O)O)c2ccc3cc(SOOO)ccc3c2C1(C)C)=CC=CC1=[N+](CCS(=O)(=O)O)c2ccc3cc(S(=O)(=O)O)ccc3c2C1(C)C. The molecule has 0 radical (unpaired) electrons. The smallest absolute Gasteiger partial charge is 0.294 e. The van der Waals surface area contributed by atoms with Crippen molar-refractivity contribution in [2.45, 2.75) is 55.2 Å². The average molecular weight is 872 g/mol. The van der Waals surface area contributed by atoms with Crippen LogP contribution in [0.1, 0.15) is 45.7 Å². The van der Waals surface area contributed by atoms with Crippen LogP contribution in [-0.4, -0.2) is 79.1 Å². The maximum Gasteiger partial charge on any atom is 0.294 e. The number of anilines is 1. The molecule has 2 aliphatic heterocycles. The van der Waals surface area contributed by atoms with Gasteiger partial charge in [-0.05, 0) is 90.4 Å². The van der Waals surface area contributed by atoms with E-state index in [0.29, 0.717) is 16.0 Å². The second kappa shape index (κ2) is 16.1. The van der Waals surface area contributed by atoms with E-state index in [1.54, 1.807) is 18.2 Å². The van der Waals surface area contributed by atoms with Gasteiger partial charge in [0.15, 0.2) is 12.3 Å². The molecule has 0 saturated heterocycles. The van der Waals surface area contributed by atoms with Crippen molar-refractivity contribution in [3.8, 4) is 0 Å². The van der Waals surface area contributed by atoms with Crippen molar-refractivity contribution >= 4 is 81.0 Å². The van der Waals surface area contributed by atoms with Gasteiger partial charge < -0.3 is 4.90 Å². The van der Waals surface area contributed by atoms with Crippen LogP contribution in [0.2, 0.25) is 0 Å². The lowest BCUT2D eigenvalue weighted by atomic mass is 9.79. The largest absolute Gasteiger partial charge is 0.343 e. The molecule has 0 bridgehead atoms. The Labute approximate surface area is 341 Å². The van der Waals surface area contributed by atoms with Crippen LogP contribution < -0.4 is 4.90 Å². The second-order valence-electron chi connectivity index (χ2n) is 15.1. The Morgan fingerprint density at radius 1 is 0.810 bits per heavy atom. The Kier molecular flexibility index (Phi) is 12.0. The van der Waals surface area contributed by atoms with E-state index in [-0.39, 0.29) is 18.0 Å². The first kappa shape index (κ1) is 43.4. The lowest BCUT2D eigenvalue weighted by Gasteiger charge is -2.26. The molecule has 6 rings (SSSR count). The summed E-state index contributed by atoms with van der Waals surface area (Å²) < 4.78 is 107. The number of fused-ring (bicyclic) bond motifs is 6. The maximum atomic E-state index is 11.9. The molecule has 2 heterocycles. The summed E-state index contributed by atoms with van der Waals surface area (Å²) in [5.41, 5.74) is 4.37. The third-order valence-electron chi connectivity index (χ3n) is 10.5. The first-order chi connectivity index (χ1) is 27.0. The van der Waals surface area contributed by atoms with Crippen LogP contribution in [0.15, 0.2) is 118 Å². The minimum absolute atomic E-state index is 0.00939. The highest BCUT2D eigenvalue weighted by Gasteiger charge is 2.46. The van der Waals surface area contributed by atoms with E-state index < -0.39 is 52.7 Å². The van der Waals surface area contributed by atoms with Gasteiger partial charge in [0.2, 0.25) is 5.69 Å². The summed E-state index contributed by atoms with van der Waals surface area (Å²) in [4.78, 5) is 2.33. The van der Waals surface area contributed by atoms with Gasteiger partial charge in [0.05, 0.1) is 28.1 Å². The standard InChI is InChI=1S/C40H42N2O12S4/c1-26(8-6-10-35-39(2,3)37-31-16-14-29(55-54-53-43)24-27(31)12-18-33(37)41(35)20-22-56(44,45)46)9-7-11-36-40(4,5)38-32-17-15-30(58(50,51)52)25-28(32)13-19-34(38)42(36)21-23-57(47,48)49/h6-19,24-25H,20-23H2,1-5H3,(H3-,43,44,45,46,47,48,49,50,51,52)/p+1. The highest BCUT2D eigenvalue weighted by Crippen LogP contribution is 2.51. The molecule has 4 aromatic carbocycles. The van der Waals surface area contributed by atoms with Gasteiger partial charge in [-0.15, -0.1) is 4.33 Å². The van der Waals surface area contributed by atoms with Gasteiger partial charge in [-0.3, -0.25) is 13.7 Å². The van der Waals surface area contributed by atoms with E-state index in [2.05, 4.69) is 9.37 Å². The number of hydrogen-bond acceptors (Lipinski definition) is 11. The topological polar surface area (TPSA) is 208 Å². The molecule has 0 aliphatic carbocycles. The molecule has 0 saturated carbocycles. The molecule has 0 aromatic heterocycles. The van der Waals surface area contributed by atoms with Crippen LogP contribution in [0.4, 0.5) is 11.4 Å². The van der Waals surface area contributed by atoms with E-state index in [0.717, 1.165) is 62.0 Å². The predicted molar refractivity (Wildman–Crippen MR) is 225 cm³/mol. The molecular formula is C40H43N2O12S4+. The molecule has 0 amide bonds. The van der Waals surface area contributed by atoms with Crippen molar-refractivity contribution in [1.82, 2.24) is 0 Å². The minimum atomic E-state index is -4.44. The highest BCUT2D eigenvalue weighted by molar-refractivity contribution is 7.94. The summed E-state index contributed by atoms with van der Waals surface area (Å²) in [6.07, 6.45) is 11.2. The molecule has 4 N–H and O–H groups in total. The Morgan fingerprint density at radius 2 is 1.47 bits per heavy atom. The molecule has 308 valence electrons. The normalized spacial score (nSPS) is 17.8. The molecule has 14 nitrogen and oxygen atoms in total. The summed E-state index contributed by atoms with van der Waals surface area (Å²) in [6, 6.07) is 17.2. The van der Waals surface area contributed by atoms with Crippen LogP contribution >= 0.6 is 12.0 Å². The molecule has 0 fully saturated rings. The van der Waals surface area contributed by atoms with E-state index in [4.69, 9.17) is 5.26 Å². The zero-order valence-electron chi connectivity index (χ0n) is 32.1. The van der Waals surface area contributed by atoms with E-state index >= 15 is 0 Å². The predicted octanol–water partition coefficient (Wildman–Crippen LogP) is 7.56. The van der Waals surface area contributed by atoms with Gasteiger partial charge in [0.25, 0.3) is 30.4 Å². The van der Waals surface area contributed by atoms with Gasteiger partial charge in [-0.25, -0.2) is 5.26 Å². The van der Waals surface area contributed by atoms with Crippen molar-refractivity contribution in [3.63, 3.8) is 0 Å². The average Bonchev–Trinajstić information content (AvgIpc) is 3.49. The minimum Gasteiger partial charge on any atom is -0.343 e. The highest BCUT2D eigenvalue weighted by atomic mass is 32.2. The summed E-state index contributed by atoms with van der Waals surface area (Å²) in [5.74, 6) is -1.01. The zero-order chi connectivity index (χ0) is 42.4. The molecule has 0 atom stereocenters. The third kappa shape index (κ3) is 9.01. The number of hydrogen-bond donors (Lipinski definition) is 4. The molecule has 0 unspecified atom stereocenters. The lowest BCUT2D eigenvalue weighted by Crippen LogP contribution is -2.30. The van der Waals surface area contributed by atoms with Crippen molar-refractivity contribution < 1.29 is 58.1 Å². The van der Waals surface area contributed by atoms with E-state index in [1.807, 2.05) is 111 Å². The van der Waals surface area contributed by atoms with Crippen molar-refractivity contribution in [1.29, 1.82) is 0 Å². The summed E-state index contributed by atoms with van der Waals surface area (Å²) in [7, 11) is -13.0. The van der Waals surface area contributed by atoms with Crippen LogP contribution in [-0.2, 0) is 50.6 Å². The Bertz CT molecular complexity index is 2820. The number of allylic oxidation sites excluding steroid dienone is 8.